The summed E-state index contributed by atoms with van der Waals surface area (Å²) in [6.07, 6.45) is 0. The van der Waals surface area contributed by atoms with Crippen molar-refractivity contribution in [2.24, 2.45) is 5.73 Å². The molecule has 1 aromatic carbocycles. The number of nitriles is 1. The Hall–Kier alpha value is -3.85. The molecule has 0 radical (unpaired) electrons. The van der Waals surface area contributed by atoms with Crippen LogP contribution in [0.15, 0.2) is 66.1 Å². The van der Waals surface area contributed by atoms with E-state index >= 15 is 0 Å². The van der Waals surface area contributed by atoms with Crippen molar-refractivity contribution in [3.63, 3.8) is 0 Å². The van der Waals surface area contributed by atoms with Gasteiger partial charge in [-0.3, -0.25) is 0 Å². The minimum atomic E-state index is -0.600. The first-order chi connectivity index (χ1) is 14.1. The van der Waals surface area contributed by atoms with Gasteiger partial charge in [-0.05, 0) is 30.2 Å². The zero-order valence-electron chi connectivity index (χ0n) is 15.6. The first-order valence-corrected chi connectivity index (χ1v) is 9.11. The largest absolute Gasteiger partial charge is 0.462 e. The van der Waals surface area contributed by atoms with Crippen molar-refractivity contribution in [3.8, 4) is 22.9 Å². The Bertz CT molecular complexity index is 1150. The molecule has 1 aromatic rings. The minimum Gasteiger partial charge on any atom is -0.462 e. The predicted molar refractivity (Wildman–Crippen MR) is 105 cm³/mol. The van der Waals surface area contributed by atoms with Crippen molar-refractivity contribution in [2.45, 2.75) is 12.8 Å². The van der Waals surface area contributed by atoms with Crippen molar-refractivity contribution < 1.29 is 18.7 Å². The first kappa shape index (κ1) is 18.5. The lowest BCUT2D eigenvalue weighted by atomic mass is 9.83. The fourth-order valence-corrected chi connectivity index (χ4v) is 3.74. The van der Waals surface area contributed by atoms with E-state index in [0.717, 1.165) is 5.56 Å². The third-order valence-electron chi connectivity index (χ3n) is 4.93. The van der Waals surface area contributed by atoms with Crippen LogP contribution in [0.25, 0.3) is 11.1 Å². The van der Waals surface area contributed by atoms with Crippen molar-refractivity contribution in [2.75, 3.05) is 6.61 Å². The van der Waals surface area contributed by atoms with E-state index in [0.29, 0.717) is 16.7 Å². The lowest BCUT2D eigenvalue weighted by molar-refractivity contribution is 0.0524. The Balaban J connectivity index is 2.06. The summed E-state index contributed by atoms with van der Waals surface area (Å²) in [5, 5.41) is 9.76. The summed E-state index contributed by atoms with van der Waals surface area (Å²) < 4.78 is 24.5. The summed E-state index contributed by atoms with van der Waals surface area (Å²) >= 11 is 0. The summed E-state index contributed by atoms with van der Waals surface area (Å²) in [4.78, 5) is 12.8. The first-order valence-electron chi connectivity index (χ1n) is 9.11. The van der Waals surface area contributed by atoms with Crippen LogP contribution in [0.3, 0.4) is 0 Å². The van der Waals surface area contributed by atoms with Crippen LogP contribution in [0, 0.1) is 17.1 Å². The fourth-order valence-electron chi connectivity index (χ4n) is 3.74. The Labute approximate surface area is 167 Å². The van der Waals surface area contributed by atoms with Crippen LogP contribution in [0.4, 0.5) is 4.39 Å². The molecule has 0 saturated heterocycles. The average Bonchev–Trinajstić information content (AvgIpc) is 2.84. The monoisotopic (exact) mass is 388 g/mol. The minimum absolute atomic E-state index is 0.0837. The molecule has 1 aliphatic heterocycles. The van der Waals surface area contributed by atoms with Crippen molar-refractivity contribution in [3.05, 3.63) is 88.6 Å². The second-order valence-corrected chi connectivity index (χ2v) is 6.55. The lowest BCUT2D eigenvalue weighted by Crippen LogP contribution is -2.21. The third kappa shape index (κ3) is 2.97. The molecule has 0 bridgehead atoms. The molecule has 1 heterocycles. The van der Waals surface area contributed by atoms with E-state index in [4.69, 9.17) is 15.2 Å². The molecule has 0 fully saturated rings. The van der Waals surface area contributed by atoms with Gasteiger partial charge in [0.1, 0.15) is 28.8 Å². The third-order valence-corrected chi connectivity index (χ3v) is 4.93. The van der Waals surface area contributed by atoms with Gasteiger partial charge in [0.25, 0.3) is 0 Å². The standard InChI is InChI=1S/C23H17FN2O3/c1-2-28-23(27)20-16-7-5-3-4-6-15(16)19-18(13-8-10-14(24)11-9-13)17(12-25)22(26)29-21(19)20/h3-11,18H,2,26H2,1H3. The number of esters is 1. The van der Waals surface area contributed by atoms with Crippen LogP contribution in [0.5, 0.6) is 5.75 Å². The van der Waals surface area contributed by atoms with Gasteiger partial charge in [0.05, 0.1) is 12.5 Å². The van der Waals surface area contributed by atoms with Crippen LogP contribution < -0.4 is 10.5 Å². The molecular weight excluding hydrogens is 371 g/mol. The summed E-state index contributed by atoms with van der Waals surface area (Å²) in [5.74, 6) is -1.33. The van der Waals surface area contributed by atoms with Gasteiger partial charge in [0.2, 0.25) is 5.88 Å². The molecule has 144 valence electrons. The van der Waals surface area contributed by atoms with Crippen LogP contribution in [-0.2, 0) is 4.74 Å². The quantitative estimate of drug-likeness (QED) is 0.675. The smallest absolute Gasteiger partial charge is 0.342 e. The SMILES string of the molecule is CCOC(=O)c1c2cccccc-2c2c1OC(N)=C(C#N)C2c1ccc(F)cc1. The molecule has 2 aliphatic carbocycles. The summed E-state index contributed by atoms with van der Waals surface area (Å²) in [7, 11) is 0. The Morgan fingerprint density at radius 1 is 1.17 bits per heavy atom. The van der Waals surface area contributed by atoms with Crippen molar-refractivity contribution in [1.82, 2.24) is 0 Å². The number of ether oxygens (including phenoxy) is 2. The van der Waals surface area contributed by atoms with Gasteiger partial charge in [-0.25, -0.2) is 9.18 Å². The topological polar surface area (TPSA) is 85.3 Å². The second-order valence-electron chi connectivity index (χ2n) is 6.55. The number of carbonyl (C=O) groups excluding carboxylic acids is 1. The Morgan fingerprint density at radius 3 is 2.52 bits per heavy atom. The summed E-state index contributed by atoms with van der Waals surface area (Å²) in [5.41, 5.74) is 9.21. The van der Waals surface area contributed by atoms with Gasteiger partial charge < -0.3 is 15.2 Å². The molecule has 1 unspecified atom stereocenters. The van der Waals surface area contributed by atoms with Crippen LogP contribution in [-0.4, -0.2) is 12.6 Å². The molecule has 0 aromatic heterocycles. The molecule has 0 amide bonds. The fraction of sp³-hybridized carbons (Fsp3) is 0.130. The normalized spacial score (nSPS) is 15.4. The van der Waals surface area contributed by atoms with Crippen LogP contribution in [0.2, 0.25) is 0 Å². The highest BCUT2D eigenvalue weighted by Gasteiger charge is 2.39. The number of hydrogen-bond donors (Lipinski definition) is 1. The highest BCUT2D eigenvalue weighted by molar-refractivity contribution is 6.05. The van der Waals surface area contributed by atoms with Gasteiger partial charge in [-0.2, -0.15) is 5.26 Å². The second kappa shape index (κ2) is 7.28. The maximum absolute atomic E-state index is 13.5. The predicted octanol–water partition coefficient (Wildman–Crippen LogP) is 4.33. The number of halogens is 1. The maximum Gasteiger partial charge on any atom is 0.342 e. The number of nitrogens with zero attached hydrogens (tertiary/aromatic N) is 1. The number of benzene rings is 1. The molecule has 6 heteroatoms. The van der Waals surface area contributed by atoms with Gasteiger partial charge in [-0.15, -0.1) is 0 Å². The summed E-state index contributed by atoms with van der Waals surface area (Å²) in [6.45, 7) is 1.93. The molecule has 2 N–H and O–H groups in total. The van der Waals surface area contributed by atoms with Gasteiger partial charge >= 0.3 is 5.97 Å². The van der Waals surface area contributed by atoms with Gasteiger partial charge in [0, 0.05) is 11.1 Å². The zero-order valence-corrected chi connectivity index (χ0v) is 15.6. The number of nitrogens with two attached hydrogens (primary N) is 1. The molecule has 0 saturated carbocycles. The maximum atomic E-state index is 13.5. The highest BCUT2D eigenvalue weighted by Crippen LogP contribution is 2.52. The van der Waals surface area contributed by atoms with Crippen molar-refractivity contribution in [1.29, 1.82) is 5.26 Å². The van der Waals surface area contributed by atoms with E-state index in [9.17, 15) is 14.4 Å². The van der Waals surface area contributed by atoms with Crippen LogP contribution >= 0.6 is 0 Å². The van der Waals surface area contributed by atoms with E-state index in [2.05, 4.69) is 6.07 Å². The number of hydrogen-bond acceptors (Lipinski definition) is 5. The summed E-state index contributed by atoms with van der Waals surface area (Å²) in [6, 6.07) is 17.1. The van der Waals surface area contributed by atoms with Gasteiger partial charge in [-0.1, -0.05) is 42.5 Å². The molecular formula is C23H17FN2O3. The highest BCUT2D eigenvalue weighted by atomic mass is 19.1. The Morgan fingerprint density at radius 2 is 1.86 bits per heavy atom. The zero-order chi connectivity index (χ0) is 20.5. The number of carbonyl (C=O) groups is 1. The van der Waals surface area contributed by atoms with E-state index < -0.39 is 11.9 Å². The number of fused-ring (bicyclic) bond motifs is 3. The van der Waals surface area contributed by atoms with Gasteiger partial charge in [0.15, 0.2) is 0 Å². The van der Waals surface area contributed by atoms with Crippen LogP contribution in [0.1, 0.15) is 34.3 Å². The molecule has 5 nitrogen and oxygen atoms in total. The van der Waals surface area contributed by atoms with E-state index in [1.165, 1.54) is 12.1 Å². The number of rotatable bonds is 3. The molecule has 3 aliphatic rings. The number of allylic oxidation sites excluding steroid dienone is 1. The molecule has 4 rings (SSSR count). The lowest BCUT2D eigenvalue weighted by Gasteiger charge is -2.25. The van der Waals surface area contributed by atoms with E-state index in [1.807, 2.05) is 24.3 Å². The molecule has 29 heavy (non-hydrogen) atoms. The van der Waals surface area contributed by atoms with Crippen molar-refractivity contribution >= 4 is 5.97 Å². The Kier molecular flexibility index (Phi) is 4.65. The average molecular weight is 388 g/mol. The van der Waals surface area contributed by atoms with E-state index in [1.54, 1.807) is 25.1 Å². The van der Waals surface area contributed by atoms with E-state index in [-0.39, 0.29) is 35.2 Å². The molecule has 1 atom stereocenters. The molecule has 0 spiro atoms.